The van der Waals surface area contributed by atoms with E-state index in [-0.39, 0.29) is 12.5 Å². The Bertz CT molecular complexity index is 528. The molecular weight excluding hydrogens is 302 g/mol. The fourth-order valence-corrected chi connectivity index (χ4v) is 3.32. The first-order valence-corrected chi connectivity index (χ1v) is 9.18. The smallest absolute Gasteiger partial charge is 0.257 e. The Hall–Kier alpha value is -1.59. The summed E-state index contributed by atoms with van der Waals surface area (Å²) in [7, 11) is 0. The zero-order valence-electron chi connectivity index (χ0n) is 14.6. The first-order chi connectivity index (χ1) is 11.7. The van der Waals surface area contributed by atoms with E-state index in [0.29, 0.717) is 6.54 Å². The number of hydrogen-bond acceptors (Lipinski definition) is 4. The predicted octanol–water partition coefficient (Wildman–Crippen LogP) is 1.78. The van der Waals surface area contributed by atoms with Crippen LogP contribution in [0.5, 0.6) is 5.75 Å². The summed E-state index contributed by atoms with van der Waals surface area (Å²) in [5.74, 6) is 1.45. The van der Waals surface area contributed by atoms with E-state index in [2.05, 4.69) is 27.7 Å². The lowest BCUT2D eigenvalue weighted by Crippen LogP contribution is -2.28. The van der Waals surface area contributed by atoms with Crippen LogP contribution in [0.4, 0.5) is 0 Å². The molecule has 1 saturated heterocycles. The Balaban J connectivity index is 1.33. The number of likely N-dealkylation sites (N-methyl/N-ethyl adjacent to an activating group) is 1. The molecule has 1 atom stereocenters. The quantitative estimate of drug-likeness (QED) is 0.724. The van der Waals surface area contributed by atoms with Gasteiger partial charge in [-0.3, -0.25) is 4.79 Å². The van der Waals surface area contributed by atoms with E-state index < -0.39 is 0 Å². The number of nitrogens with one attached hydrogen (secondary N) is 2. The fourth-order valence-electron chi connectivity index (χ4n) is 3.32. The van der Waals surface area contributed by atoms with E-state index in [1.165, 1.54) is 37.9 Å². The van der Waals surface area contributed by atoms with Crippen molar-refractivity contribution in [3.63, 3.8) is 0 Å². The molecule has 2 N–H and O–H groups in total. The van der Waals surface area contributed by atoms with Crippen LogP contribution in [0.2, 0.25) is 0 Å². The van der Waals surface area contributed by atoms with Crippen LogP contribution in [0.1, 0.15) is 31.7 Å². The van der Waals surface area contributed by atoms with Gasteiger partial charge in [0, 0.05) is 25.7 Å². The zero-order chi connectivity index (χ0) is 16.8. The van der Waals surface area contributed by atoms with Crippen molar-refractivity contribution in [2.24, 2.45) is 5.92 Å². The second kappa shape index (κ2) is 8.49. The van der Waals surface area contributed by atoms with Gasteiger partial charge in [0.1, 0.15) is 5.75 Å². The van der Waals surface area contributed by atoms with Crippen LogP contribution in [0.15, 0.2) is 24.3 Å². The molecule has 1 aromatic rings. The number of carbonyl (C=O) groups is 1. The van der Waals surface area contributed by atoms with Gasteiger partial charge >= 0.3 is 0 Å². The van der Waals surface area contributed by atoms with Crippen LogP contribution in [-0.4, -0.2) is 49.6 Å². The molecular formula is C19H29N3O2. The molecule has 24 heavy (non-hydrogen) atoms. The Kier molecular flexibility index (Phi) is 6.10. The number of amides is 1. The maximum Gasteiger partial charge on any atom is 0.257 e. The zero-order valence-corrected chi connectivity index (χ0v) is 14.6. The molecule has 3 rings (SSSR count). The van der Waals surface area contributed by atoms with Crippen LogP contribution < -0.4 is 15.4 Å². The van der Waals surface area contributed by atoms with E-state index in [0.717, 1.165) is 30.8 Å². The molecule has 1 aliphatic heterocycles. The van der Waals surface area contributed by atoms with Gasteiger partial charge in [-0.2, -0.15) is 0 Å². The van der Waals surface area contributed by atoms with Crippen molar-refractivity contribution in [3.8, 4) is 5.75 Å². The number of rotatable bonds is 9. The molecule has 5 heteroatoms. The van der Waals surface area contributed by atoms with Crippen LogP contribution in [0.25, 0.3) is 0 Å². The van der Waals surface area contributed by atoms with Gasteiger partial charge in [0.05, 0.1) is 0 Å². The van der Waals surface area contributed by atoms with Crippen molar-refractivity contribution < 1.29 is 9.53 Å². The summed E-state index contributed by atoms with van der Waals surface area (Å²) in [5.41, 5.74) is 1.25. The second-order valence-corrected chi connectivity index (χ2v) is 6.90. The van der Waals surface area contributed by atoms with Gasteiger partial charge in [-0.15, -0.1) is 0 Å². The van der Waals surface area contributed by atoms with E-state index in [9.17, 15) is 4.79 Å². The average Bonchev–Trinajstić information content (AvgIpc) is 3.34. The van der Waals surface area contributed by atoms with Gasteiger partial charge < -0.3 is 20.3 Å². The van der Waals surface area contributed by atoms with Gasteiger partial charge in [0.25, 0.3) is 5.91 Å². The molecule has 2 aliphatic rings. The van der Waals surface area contributed by atoms with Gasteiger partial charge in [0.2, 0.25) is 0 Å². The van der Waals surface area contributed by atoms with Crippen LogP contribution >= 0.6 is 0 Å². The SMILES string of the molecule is CCNC(=O)COc1ccc(CNC[C@H]2CCN(C3CC3)C2)cc1. The highest BCUT2D eigenvalue weighted by Crippen LogP contribution is 2.31. The monoisotopic (exact) mass is 331 g/mol. The summed E-state index contributed by atoms with van der Waals surface area (Å²) >= 11 is 0. The number of ether oxygens (including phenoxy) is 1. The molecule has 0 aromatic heterocycles. The number of nitrogens with zero attached hydrogens (tertiary/aromatic N) is 1. The Morgan fingerprint density at radius 3 is 2.75 bits per heavy atom. The number of carbonyl (C=O) groups excluding carboxylic acids is 1. The lowest BCUT2D eigenvalue weighted by molar-refractivity contribution is -0.122. The summed E-state index contributed by atoms with van der Waals surface area (Å²) in [5, 5.41) is 6.30. The maximum atomic E-state index is 11.4. The topological polar surface area (TPSA) is 53.6 Å². The van der Waals surface area contributed by atoms with Crippen molar-refractivity contribution in [1.29, 1.82) is 0 Å². The summed E-state index contributed by atoms with van der Waals surface area (Å²) in [6, 6.07) is 8.89. The van der Waals surface area contributed by atoms with Crippen molar-refractivity contribution in [2.75, 3.05) is 32.8 Å². The van der Waals surface area contributed by atoms with Gasteiger partial charge in [-0.25, -0.2) is 0 Å². The molecule has 0 spiro atoms. The van der Waals surface area contributed by atoms with E-state index >= 15 is 0 Å². The van der Waals surface area contributed by atoms with Crippen molar-refractivity contribution in [2.45, 2.75) is 38.8 Å². The molecule has 2 fully saturated rings. The van der Waals surface area contributed by atoms with Crippen LogP contribution in [0.3, 0.4) is 0 Å². The molecule has 0 radical (unpaired) electrons. The van der Waals surface area contributed by atoms with Gasteiger partial charge in [-0.05, 0) is 62.9 Å². The molecule has 1 saturated carbocycles. The van der Waals surface area contributed by atoms with Gasteiger partial charge in [-0.1, -0.05) is 12.1 Å². The molecule has 1 aliphatic carbocycles. The molecule has 5 nitrogen and oxygen atoms in total. The lowest BCUT2D eigenvalue weighted by Gasteiger charge is -2.15. The molecule has 132 valence electrons. The third-order valence-electron chi connectivity index (χ3n) is 4.81. The van der Waals surface area contributed by atoms with Gasteiger partial charge in [0.15, 0.2) is 6.61 Å². The summed E-state index contributed by atoms with van der Waals surface area (Å²) < 4.78 is 5.46. The Labute approximate surface area is 144 Å². The van der Waals surface area contributed by atoms with E-state index in [1.54, 1.807) is 0 Å². The Morgan fingerprint density at radius 2 is 2.04 bits per heavy atom. The third-order valence-corrected chi connectivity index (χ3v) is 4.81. The minimum absolute atomic E-state index is 0.0740. The predicted molar refractivity (Wildman–Crippen MR) is 95.0 cm³/mol. The largest absolute Gasteiger partial charge is 0.484 e. The lowest BCUT2D eigenvalue weighted by atomic mass is 10.1. The summed E-state index contributed by atoms with van der Waals surface area (Å²) in [4.78, 5) is 14.0. The third kappa shape index (κ3) is 5.21. The number of benzene rings is 1. The average molecular weight is 331 g/mol. The van der Waals surface area contributed by atoms with Crippen LogP contribution in [-0.2, 0) is 11.3 Å². The molecule has 1 amide bonds. The normalized spacial score (nSPS) is 21.0. The Morgan fingerprint density at radius 1 is 1.25 bits per heavy atom. The number of likely N-dealkylation sites (tertiary alicyclic amines) is 1. The first kappa shape index (κ1) is 17.2. The molecule has 1 heterocycles. The molecule has 0 unspecified atom stereocenters. The fraction of sp³-hybridized carbons (Fsp3) is 0.632. The van der Waals surface area contributed by atoms with Crippen molar-refractivity contribution >= 4 is 5.91 Å². The van der Waals surface area contributed by atoms with Crippen molar-refractivity contribution in [1.82, 2.24) is 15.5 Å². The van der Waals surface area contributed by atoms with Crippen molar-refractivity contribution in [3.05, 3.63) is 29.8 Å². The number of hydrogen-bond donors (Lipinski definition) is 2. The van der Waals surface area contributed by atoms with E-state index in [1.807, 2.05) is 19.1 Å². The maximum absolute atomic E-state index is 11.4. The van der Waals surface area contributed by atoms with E-state index in [4.69, 9.17) is 4.74 Å². The molecule has 0 bridgehead atoms. The standard InChI is InChI=1S/C19H29N3O2/c1-2-21-19(23)14-24-18-7-3-15(4-8-18)11-20-12-16-9-10-22(13-16)17-5-6-17/h3-4,7-8,16-17,20H,2,5-6,9-14H2,1H3,(H,21,23)/t16-/m1/s1. The first-order valence-electron chi connectivity index (χ1n) is 9.18. The summed E-state index contributed by atoms with van der Waals surface area (Å²) in [6.45, 7) is 7.14. The summed E-state index contributed by atoms with van der Waals surface area (Å²) in [6.07, 6.45) is 4.15. The highest BCUT2D eigenvalue weighted by molar-refractivity contribution is 5.77. The highest BCUT2D eigenvalue weighted by Gasteiger charge is 2.33. The van der Waals surface area contributed by atoms with Crippen LogP contribution in [0, 0.1) is 5.92 Å². The molecule has 1 aromatic carbocycles. The minimum Gasteiger partial charge on any atom is -0.484 e. The highest BCUT2D eigenvalue weighted by atomic mass is 16.5. The second-order valence-electron chi connectivity index (χ2n) is 6.90. The minimum atomic E-state index is -0.0833.